The summed E-state index contributed by atoms with van der Waals surface area (Å²) in [5, 5.41) is 4.97. The molecule has 0 aromatic heterocycles. The molecule has 0 atom stereocenters. The lowest BCUT2D eigenvalue weighted by Crippen LogP contribution is -2.13. The van der Waals surface area contributed by atoms with Crippen LogP contribution in [0.3, 0.4) is 0 Å². The van der Waals surface area contributed by atoms with Crippen molar-refractivity contribution < 1.29 is 14.2 Å². The molecule has 0 fully saturated rings. The average Bonchev–Trinajstić information content (AvgIpc) is 2.75. The quantitative estimate of drug-likeness (QED) is 0.342. The molecule has 1 N–H and O–H groups in total. The van der Waals surface area contributed by atoms with E-state index >= 15 is 0 Å². The molecule has 0 heterocycles. The second-order valence-electron chi connectivity index (χ2n) is 6.78. The first-order chi connectivity index (χ1) is 15.0. The summed E-state index contributed by atoms with van der Waals surface area (Å²) in [5.74, 6) is 1.89. The minimum absolute atomic E-state index is 0.188. The van der Waals surface area contributed by atoms with E-state index in [1.165, 1.54) is 0 Å². The van der Waals surface area contributed by atoms with Crippen molar-refractivity contribution in [3.8, 4) is 17.2 Å². The van der Waals surface area contributed by atoms with Gasteiger partial charge in [-0.3, -0.25) is 0 Å². The molecule has 0 spiro atoms. The minimum Gasteiger partial charge on any atom is -0.497 e. The van der Waals surface area contributed by atoms with Gasteiger partial charge in [0.15, 0.2) is 11.5 Å². The SMILES string of the molecule is CCOc1cc(CNCc2ccc(OC)cc2)cc(Cl)c1OCc1c(Cl)cccc1Cl. The lowest BCUT2D eigenvalue weighted by Gasteiger charge is -2.16. The van der Waals surface area contributed by atoms with Crippen molar-refractivity contribution in [1.82, 2.24) is 5.32 Å². The third kappa shape index (κ3) is 6.44. The molecule has 0 saturated heterocycles. The molecular formula is C24H24Cl3NO3. The lowest BCUT2D eigenvalue weighted by molar-refractivity contribution is 0.269. The zero-order valence-electron chi connectivity index (χ0n) is 17.4. The summed E-state index contributed by atoms with van der Waals surface area (Å²) in [6.45, 7) is 3.93. The molecule has 0 radical (unpaired) electrons. The molecule has 0 aliphatic carbocycles. The molecule has 0 bridgehead atoms. The Morgan fingerprint density at radius 3 is 2.13 bits per heavy atom. The number of benzene rings is 3. The van der Waals surface area contributed by atoms with Gasteiger partial charge in [0.2, 0.25) is 0 Å². The van der Waals surface area contributed by atoms with Crippen LogP contribution in [-0.4, -0.2) is 13.7 Å². The third-order valence-corrected chi connectivity index (χ3v) is 5.60. The highest BCUT2D eigenvalue weighted by Crippen LogP contribution is 2.38. The summed E-state index contributed by atoms with van der Waals surface area (Å²) < 4.78 is 16.9. The molecule has 3 aromatic rings. The van der Waals surface area contributed by atoms with Crippen molar-refractivity contribution in [3.63, 3.8) is 0 Å². The first kappa shape index (κ1) is 23.6. The fourth-order valence-electron chi connectivity index (χ4n) is 3.04. The van der Waals surface area contributed by atoms with Crippen LogP contribution in [-0.2, 0) is 19.7 Å². The maximum atomic E-state index is 6.53. The monoisotopic (exact) mass is 479 g/mol. The van der Waals surface area contributed by atoms with E-state index in [0.29, 0.717) is 45.3 Å². The smallest absolute Gasteiger partial charge is 0.180 e. The normalized spacial score (nSPS) is 10.7. The van der Waals surface area contributed by atoms with Crippen LogP contribution in [0.2, 0.25) is 15.1 Å². The van der Waals surface area contributed by atoms with Gasteiger partial charge in [-0.25, -0.2) is 0 Å². The zero-order chi connectivity index (χ0) is 22.2. The van der Waals surface area contributed by atoms with Crippen LogP contribution in [0, 0.1) is 0 Å². The molecule has 3 rings (SSSR count). The van der Waals surface area contributed by atoms with Gasteiger partial charge in [-0.2, -0.15) is 0 Å². The molecule has 0 aliphatic rings. The number of ether oxygens (including phenoxy) is 3. The number of hydrogen-bond acceptors (Lipinski definition) is 4. The summed E-state index contributed by atoms with van der Waals surface area (Å²) >= 11 is 19.0. The van der Waals surface area contributed by atoms with Crippen molar-refractivity contribution in [2.45, 2.75) is 26.6 Å². The number of halogens is 3. The molecule has 7 heteroatoms. The molecule has 0 unspecified atom stereocenters. The van der Waals surface area contributed by atoms with Crippen LogP contribution in [0.15, 0.2) is 54.6 Å². The highest BCUT2D eigenvalue weighted by atomic mass is 35.5. The van der Waals surface area contributed by atoms with Gasteiger partial charge in [-0.05, 0) is 54.4 Å². The van der Waals surface area contributed by atoms with Crippen LogP contribution >= 0.6 is 34.8 Å². The Bertz CT molecular complexity index is 989. The molecule has 31 heavy (non-hydrogen) atoms. The van der Waals surface area contributed by atoms with Crippen molar-refractivity contribution in [2.24, 2.45) is 0 Å². The van der Waals surface area contributed by atoms with E-state index in [1.54, 1.807) is 25.3 Å². The summed E-state index contributed by atoms with van der Waals surface area (Å²) in [7, 11) is 1.66. The Labute approximate surface area is 198 Å². The standard InChI is InChI=1S/C24H24Cl3NO3/c1-3-30-23-12-17(14-28-13-16-7-9-18(29-2)10-8-16)11-22(27)24(23)31-15-19-20(25)5-4-6-21(19)26/h4-12,28H,3,13-15H2,1-2H3. The third-order valence-electron chi connectivity index (χ3n) is 4.61. The van der Waals surface area contributed by atoms with Crippen LogP contribution < -0.4 is 19.5 Å². The van der Waals surface area contributed by atoms with Crippen molar-refractivity contribution in [2.75, 3.05) is 13.7 Å². The van der Waals surface area contributed by atoms with E-state index in [4.69, 9.17) is 49.0 Å². The van der Waals surface area contributed by atoms with Crippen molar-refractivity contribution >= 4 is 34.8 Å². The fourth-order valence-corrected chi connectivity index (χ4v) is 3.83. The Morgan fingerprint density at radius 2 is 1.48 bits per heavy atom. The fraction of sp³-hybridized carbons (Fsp3) is 0.250. The highest BCUT2D eigenvalue weighted by Gasteiger charge is 2.15. The van der Waals surface area contributed by atoms with Crippen molar-refractivity contribution in [3.05, 3.63) is 86.4 Å². The Morgan fingerprint density at radius 1 is 0.806 bits per heavy atom. The maximum absolute atomic E-state index is 6.53. The van der Waals surface area contributed by atoms with Crippen LogP contribution in [0.25, 0.3) is 0 Å². The highest BCUT2D eigenvalue weighted by molar-refractivity contribution is 6.36. The van der Waals surface area contributed by atoms with Crippen LogP contribution in [0.1, 0.15) is 23.6 Å². The largest absolute Gasteiger partial charge is 0.497 e. The second kappa shape index (κ2) is 11.5. The van der Waals surface area contributed by atoms with Gasteiger partial charge >= 0.3 is 0 Å². The van der Waals surface area contributed by atoms with E-state index in [9.17, 15) is 0 Å². The lowest BCUT2D eigenvalue weighted by atomic mass is 10.1. The summed E-state index contributed by atoms with van der Waals surface area (Å²) in [6, 6.07) is 17.1. The Balaban J connectivity index is 1.68. The second-order valence-corrected chi connectivity index (χ2v) is 8.00. The molecule has 3 aromatic carbocycles. The van der Waals surface area contributed by atoms with E-state index in [0.717, 1.165) is 23.4 Å². The Hall–Kier alpha value is -2.11. The van der Waals surface area contributed by atoms with E-state index in [-0.39, 0.29) is 6.61 Å². The first-order valence-electron chi connectivity index (χ1n) is 9.86. The van der Waals surface area contributed by atoms with Crippen LogP contribution in [0.4, 0.5) is 0 Å². The topological polar surface area (TPSA) is 39.7 Å². The number of nitrogens with one attached hydrogen (secondary N) is 1. The number of hydrogen-bond donors (Lipinski definition) is 1. The summed E-state index contributed by atoms with van der Waals surface area (Å²) in [5.41, 5.74) is 2.85. The van der Waals surface area contributed by atoms with Gasteiger partial charge in [0.05, 0.1) is 18.7 Å². The zero-order valence-corrected chi connectivity index (χ0v) is 19.7. The Kier molecular flexibility index (Phi) is 8.73. The van der Waals surface area contributed by atoms with Gasteiger partial charge in [0, 0.05) is 28.7 Å². The van der Waals surface area contributed by atoms with E-state index < -0.39 is 0 Å². The number of methoxy groups -OCH3 is 1. The predicted molar refractivity (Wildman–Crippen MR) is 127 cm³/mol. The molecule has 164 valence electrons. The first-order valence-corrected chi connectivity index (χ1v) is 11.0. The molecule has 0 saturated carbocycles. The summed E-state index contributed by atoms with van der Waals surface area (Å²) in [6.07, 6.45) is 0. The minimum atomic E-state index is 0.188. The van der Waals surface area contributed by atoms with E-state index in [1.807, 2.05) is 43.3 Å². The van der Waals surface area contributed by atoms with Crippen molar-refractivity contribution in [1.29, 1.82) is 0 Å². The van der Waals surface area contributed by atoms with Gasteiger partial charge in [0.1, 0.15) is 12.4 Å². The van der Waals surface area contributed by atoms with Gasteiger partial charge < -0.3 is 19.5 Å². The van der Waals surface area contributed by atoms with Gasteiger partial charge in [-0.1, -0.05) is 53.0 Å². The molecule has 4 nitrogen and oxygen atoms in total. The maximum Gasteiger partial charge on any atom is 0.180 e. The van der Waals surface area contributed by atoms with E-state index in [2.05, 4.69) is 5.32 Å². The summed E-state index contributed by atoms with van der Waals surface area (Å²) in [4.78, 5) is 0. The molecule has 0 amide bonds. The number of rotatable bonds is 10. The molecular weight excluding hydrogens is 457 g/mol. The van der Waals surface area contributed by atoms with Crippen LogP contribution in [0.5, 0.6) is 17.2 Å². The average molecular weight is 481 g/mol. The van der Waals surface area contributed by atoms with Gasteiger partial charge in [0.25, 0.3) is 0 Å². The predicted octanol–water partition coefficient (Wildman–Crippen LogP) is 6.92. The van der Waals surface area contributed by atoms with Gasteiger partial charge in [-0.15, -0.1) is 0 Å². The molecule has 0 aliphatic heterocycles.